The van der Waals surface area contributed by atoms with Crippen LogP contribution in [0.4, 0.5) is 17.6 Å². The number of carbonyl (C=O) groups is 2. The smallest absolute Gasteiger partial charge is 0.406 e. The van der Waals surface area contributed by atoms with Crippen LogP contribution in [0.5, 0.6) is 5.75 Å². The zero-order chi connectivity index (χ0) is 22.7. The van der Waals surface area contributed by atoms with E-state index in [1.807, 2.05) is 6.07 Å². The van der Waals surface area contributed by atoms with E-state index in [9.17, 15) is 27.2 Å². The van der Waals surface area contributed by atoms with E-state index in [1.165, 1.54) is 12.1 Å². The largest absolute Gasteiger partial charge is 0.573 e. The number of nitrogens with one attached hydrogen (secondary N) is 2. The Morgan fingerprint density at radius 3 is 1.77 bits per heavy atom. The third-order valence-corrected chi connectivity index (χ3v) is 4.35. The van der Waals surface area contributed by atoms with Gasteiger partial charge in [-0.1, -0.05) is 18.2 Å². The summed E-state index contributed by atoms with van der Waals surface area (Å²) in [5.41, 5.74) is 0.734. The van der Waals surface area contributed by atoms with E-state index in [1.54, 1.807) is 24.3 Å². The molecule has 0 aliphatic heterocycles. The third kappa shape index (κ3) is 9.50. The van der Waals surface area contributed by atoms with Gasteiger partial charge in [0.15, 0.2) is 0 Å². The summed E-state index contributed by atoms with van der Waals surface area (Å²) in [7, 11) is 0. The summed E-state index contributed by atoms with van der Waals surface area (Å²) >= 11 is 0. The molecule has 0 aromatic heterocycles. The van der Waals surface area contributed by atoms with Gasteiger partial charge >= 0.3 is 6.36 Å². The number of hydrogen-bond donors (Lipinski definition) is 2. The average molecular weight is 440 g/mol. The van der Waals surface area contributed by atoms with Crippen LogP contribution >= 0.6 is 0 Å². The summed E-state index contributed by atoms with van der Waals surface area (Å²) in [4.78, 5) is 23.8. The molecule has 0 bridgehead atoms. The summed E-state index contributed by atoms with van der Waals surface area (Å²) in [5, 5.41) is 5.33. The molecule has 2 aromatic carbocycles. The van der Waals surface area contributed by atoms with Gasteiger partial charge in [-0.15, -0.1) is 13.2 Å². The van der Waals surface area contributed by atoms with Crippen LogP contribution in [0.3, 0.4) is 0 Å². The number of halogens is 4. The van der Waals surface area contributed by atoms with Gasteiger partial charge in [-0.2, -0.15) is 0 Å². The Kier molecular flexibility index (Phi) is 9.30. The van der Waals surface area contributed by atoms with Gasteiger partial charge in [-0.3, -0.25) is 9.59 Å². The maximum atomic E-state index is 13.9. The Bertz CT molecular complexity index is 827. The standard InChI is InChI=1S/C22H24F4N2O3/c23-18(8-4-14-27-20(29)16-6-2-1-3-7-16)9-5-15-28-21(30)17-10-12-19(13-11-17)31-22(24,25)26/h1-3,6-7,10-13,18H,4-5,8-9,14-15H2,(H,27,29)(H,28,30). The molecule has 0 saturated heterocycles. The maximum Gasteiger partial charge on any atom is 0.573 e. The number of benzene rings is 2. The highest BCUT2D eigenvalue weighted by atomic mass is 19.4. The van der Waals surface area contributed by atoms with Crippen molar-refractivity contribution in [2.24, 2.45) is 0 Å². The van der Waals surface area contributed by atoms with E-state index in [4.69, 9.17) is 0 Å². The van der Waals surface area contributed by atoms with Gasteiger partial charge in [0.2, 0.25) is 0 Å². The summed E-state index contributed by atoms with van der Waals surface area (Å²) in [6.07, 6.45) is -4.38. The van der Waals surface area contributed by atoms with Crippen LogP contribution in [-0.4, -0.2) is 37.4 Å². The second kappa shape index (κ2) is 11.9. The molecule has 0 spiro atoms. The first-order valence-corrected chi connectivity index (χ1v) is 9.86. The fourth-order valence-electron chi connectivity index (χ4n) is 2.80. The van der Waals surface area contributed by atoms with Crippen LogP contribution in [0.2, 0.25) is 0 Å². The molecule has 9 heteroatoms. The Balaban J connectivity index is 1.57. The number of rotatable bonds is 11. The molecule has 0 fully saturated rings. The van der Waals surface area contributed by atoms with Gasteiger partial charge in [0, 0.05) is 24.2 Å². The Morgan fingerprint density at radius 1 is 0.806 bits per heavy atom. The molecule has 168 valence electrons. The van der Waals surface area contributed by atoms with Gasteiger partial charge in [-0.05, 0) is 62.1 Å². The Hall–Kier alpha value is -3.10. The fourth-order valence-corrected chi connectivity index (χ4v) is 2.80. The van der Waals surface area contributed by atoms with E-state index in [2.05, 4.69) is 15.4 Å². The lowest BCUT2D eigenvalue weighted by atomic mass is 10.1. The lowest BCUT2D eigenvalue weighted by molar-refractivity contribution is -0.274. The highest BCUT2D eigenvalue weighted by molar-refractivity contribution is 5.94. The number of alkyl halides is 4. The molecule has 0 heterocycles. The van der Waals surface area contributed by atoms with E-state index >= 15 is 0 Å². The number of hydrogen-bond acceptors (Lipinski definition) is 3. The summed E-state index contributed by atoms with van der Waals surface area (Å²) in [6, 6.07) is 13.3. The molecule has 1 atom stereocenters. The second-order valence-corrected chi connectivity index (χ2v) is 6.83. The zero-order valence-electron chi connectivity index (χ0n) is 16.8. The maximum absolute atomic E-state index is 13.9. The van der Waals surface area contributed by atoms with E-state index in [0.29, 0.717) is 31.4 Å². The first kappa shape index (κ1) is 24.2. The molecule has 2 N–H and O–H groups in total. The van der Waals surface area contributed by atoms with Crippen LogP contribution in [0, 0.1) is 0 Å². The Labute approximate surface area is 177 Å². The minimum atomic E-state index is -4.79. The molecular formula is C22H24F4N2O3. The van der Waals surface area contributed by atoms with Gasteiger partial charge in [0.05, 0.1) is 0 Å². The molecule has 0 aliphatic rings. The SMILES string of the molecule is O=C(NCCCC(F)CCCNC(=O)c1ccc(OC(F)(F)F)cc1)c1ccccc1. The van der Waals surface area contributed by atoms with Crippen molar-refractivity contribution in [1.29, 1.82) is 0 Å². The van der Waals surface area contributed by atoms with Crippen molar-refractivity contribution in [2.45, 2.75) is 38.2 Å². The molecule has 0 radical (unpaired) electrons. The van der Waals surface area contributed by atoms with Crippen LogP contribution < -0.4 is 15.4 Å². The summed E-state index contributed by atoms with van der Waals surface area (Å²) in [5.74, 6) is -1.07. The average Bonchev–Trinajstić information content (AvgIpc) is 2.74. The van der Waals surface area contributed by atoms with E-state index < -0.39 is 24.2 Å². The van der Waals surface area contributed by atoms with Crippen molar-refractivity contribution < 1.29 is 31.9 Å². The molecule has 2 amide bonds. The fraction of sp³-hybridized carbons (Fsp3) is 0.364. The van der Waals surface area contributed by atoms with Gasteiger partial charge in [0.25, 0.3) is 11.8 Å². The van der Waals surface area contributed by atoms with Crippen LogP contribution in [0.25, 0.3) is 0 Å². The summed E-state index contributed by atoms with van der Waals surface area (Å²) < 4.78 is 54.1. The van der Waals surface area contributed by atoms with E-state index in [-0.39, 0.29) is 24.4 Å². The van der Waals surface area contributed by atoms with Crippen LogP contribution in [-0.2, 0) is 0 Å². The lowest BCUT2D eigenvalue weighted by Gasteiger charge is -2.11. The van der Waals surface area contributed by atoms with Crippen molar-refractivity contribution in [3.8, 4) is 5.75 Å². The number of amides is 2. The monoisotopic (exact) mass is 440 g/mol. The highest BCUT2D eigenvalue weighted by Crippen LogP contribution is 2.22. The van der Waals surface area contributed by atoms with Crippen molar-refractivity contribution in [1.82, 2.24) is 10.6 Å². The quantitative estimate of drug-likeness (QED) is 0.395. The Morgan fingerprint density at radius 2 is 1.29 bits per heavy atom. The predicted molar refractivity (Wildman–Crippen MR) is 108 cm³/mol. The van der Waals surface area contributed by atoms with Crippen molar-refractivity contribution in [3.05, 3.63) is 65.7 Å². The normalized spacial score (nSPS) is 12.1. The van der Waals surface area contributed by atoms with Gasteiger partial charge in [0.1, 0.15) is 11.9 Å². The highest BCUT2D eigenvalue weighted by Gasteiger charge is 2.31. The van der Waals surface area contributed by atoms with Gasteiger partial charge < -0.3 is 15.4 Å². The molecule has 1 unspecified atom stereocenters. The van der Waals surface area contributed by atoms with Gasteiger partial charge in [-0.25, -0.2) is 4.39 Å². The predicted octanol–water partition coefficient (Wildman–Crippen LogP) is 4.64. The van der Waals surface area contributed by atoms with Crippen molar-refractivity contribution in [2.75, 3.05) is 13.1 Å². The van der Waals surface area contributed by atoms with E-state index in [0.717, 1.165) is 12.1 Å². The lowest BCUT2D eigenvalue weighted by Crippen LogP contribution is -2.26. The number of carbonyl (C=O) groups excluding carboxylic acids is 2. The molecular weight excluding hydrogens is 416 g/mol. The zero-order valence-corrected chi connectivity index (χ0v) is 16.8. The molecule has 2 aromatic rings. The molecule has 31 heavy (non-hydrogen) atoms. The molecule has 5 nitrogen and oxygen atoms in total. The van der Waals surface area contributed by atoms with Crippen molar-refractivity contribution >= 4 is 11.8 Å². The minimum Gasteiger partial charge on any atom is -0.406 e. The van der Waals surface area contributed by atoms with Crippen LogP contribution in [0.1, 0.15) is 46.4 Å². The summed E-state index contributed by atoms with van der Waals surface area (Å²) in [6.45, 7) is 0.615. The topological polar surface area (TPSA) is 67.4 Å². The molecule has 2 rings (SSSR count). The van der Waals surface area contributed by atoms with Crippen molar-refractivity contribution in [3.63, 3.8) is 0 Å². The second-order valence-electron chi connectivity index (χ2n) is 6.83. The first-order valence-electron chi connectivity index (χ1n) is 9.86. The third-order valence-electron chi connectivity index (χ3n) is 4.35. The van der Waals surface area contributed by atoms with Crippen LogP contribution in [0.15, 0.2) is 54.6 Å². The molecule has 0 aliphatic carbocycles. The number of ether oxygens (including phenoxy) is 1. The minimum absolute atomic E-state index is 0.181. The first-order chi connectivity index (χ1) is 14.7. The molecule has 0 saturated carbocycles.